The third-order valence-corrected chi connectivity index (χ3v) is 3.48. The molecule has 0 radical (unpaired) electrons. The summed E-state index contributed by atoms with van der Waals surface area (Å²) in [7, 11) is 0. The van der Waals surface area contributed by atoms with Crippen molar-refractivity contribution in [2.24, 2.45) is 11.7 Å². The molecule has 0 spiro atoms. The lowest BCUT2D eigenvalue weighted by atomic mass is 10.1. The van der Waals surface area contributed by atoms with Gasteiger partial charge < -0.3 is 11.1 Å². The molecule has 3 N–H and O–H groups in total. The van der Waals surface area contributed by atoms with Crippen molar-refractivity contribution in [2.45, 2.75) is 31.7 Å². The van der Waals surface area contributed by atoms with Crippen LogP contribution in [0.1, 0.15) is 37.3 Å². The van der Waals surface area contributed by atoms with Crippen molar-refractivity contribution in [2.75, 3.05) is 6.54 Å². The van der Waals surface area contributed by atoms with Crippen LogP contribution in [0.25, 0.3) is 0 Å². The summed E-state index contributed by atoms with van der Waals surface area (Å²) in [6.07, 6.45) is 5.07. The summed E-state index contributed by atoms with van der Waals surface area (Å²) < 4.78 is 0. The van der Waals surface area contributed by atoms with E-state index in [9.17, 15) is 4.79 Å². The van der Waals surface area contributed by atoms with Gasteiger partial charge in [0.2, 0.25) is 5.91 Å². The van der Waals surface area contributed by atoms with Crippen molar-refractivity contribution in [3.05, 3.63) is 35.9 Å². The molecule has 0 aliphatic heterocycles. The van der Waals surface area contributed by atoms with Gasteiger partial charge in [0, 0.05) is 6.54 Å². The maximum Gasteiger partial charge on any atom is 0.241 e. The second-order valence-corrected chi connectivity index (χ2v) is 4.78. The van der Waals surface area contributed by atoms with Crippen LogP contribution >= 0.6 is 0 Å². The number of carbonyl (C=O) groups excluding carboxylic acids is 1. The largest absolute Gasteiger partial charge is 0.354 e. The van der Waals surface area contributed by atoms with Crippen LogP contribution < -0.4 is 11.1 Å². The van der Waals surface area contributed by atoms with Crippen molar-refractivity contribution >= 4 is 5.91 Å². The van der Waals surface area contributed by atoms with Crippen LogP contribution in [-0.4, -0.2) is 12.5 Å². The fraction of sp³-hybridized carbons (Fsp3) is 0.500. The molecule has 1 aromatic carbocycles. The summed E-state index contributed by atoms with van der Waals surface area (Å²) in [5, 5.41) is 2.96. The van der Waals surface area contributed by atoms with Crippen molar-refractivity contribution in [3.63, 3.8) is 0 Å². The van der Waals surface area contributed by atoms with Crippen LogP contribution in [0, 0.1) is 5.92 Å². The number of benzene rings is 1. The summed E-state index contributed by atoms with van der Waals surface area (Å²) in [4.78, 5) is 11.9. The Bertz CT molecular complexity index is 358. The Morgan fingerprint density at radius 2 is 1.94 bits per heavy atom. The Labute approximate surface area is 102 Å². The first-order chi connectivity index (χ1) is 8.27. The molecule has 1 saturated carbocycles. The molecule has 3 nitrogen and oxygen atoms in total. The molecule has 17 heavy (non-hydrogen) atoms. The molecule has 0 bridgehead atoms. The quantitative estimate of drug-likeness (QED) is 0.834. The summed E-state index contributed by atoms with van der Waals surface area (Å²) in [5.74, 6) is 0.588. The van der Waals surface area contributed by atoms with Gasteiger partial charge in [-0.15, -0.1) is 0 Å². The maximum atomic E-state index is 11.9. The van der Waals surface area contributed by atoms with E-state index in [1.807, 2.05) is 30.3 Å². The van der Waals surface area contributed by atoms with Crippen LogP contribution in [-0.2, 0) is 4.79 Å². The van der Waals surface area contributed by atoms with Crippen molar-refractivity contribution in [3.8, 4) is 0 Å². The SMILES string of the molecule is N[C@@H](C(=O)NCC1CCCC1)c1ccccc1. The standard InChI is InChI=1S/C14H20N2O/c15-13(12-8-2-1-3-9-12)14(17)16-10-11-6-4-5-7-11/h1-3,8-9,11,13H,4-7,10,15H2,(H,16,17)/t13-/m1/s1. The van der Waals surface area contributed by atoms with Gasteiger partial charge in [0.05, 0.1) is 0 Å². The molecule has 1 atom stereocenters. The molecule has 1 aliphatic rings. The van der Waals surface area contributed by atoms with Gasteiger partial charge in [-0.25, -0.2) is 0 Å². The minimum atomic E-state index is -0.544. The lowest BCUT2D eigenvalue weighted by Gasteiger charge is -2.15. The van der Waals surface area contributed by atoms with Crippen molar-refractivity contribution in [1.82, 2.24) is 5.32 Å². The van der Waals surface area contributed by atoms with E-state index in [4.69, 9.17) is 5.73 Å². The van der Waals surface area contributed by atoms with Gasteiger partial charge in [-0.05, 0) is 24.3 Å². The van der Waals surface area contributed by atoms with E-state index in [0.717, 1.165) is 12.1 Å². The summed E-state index contributed by atoms with van der Waals surface area (Å²) in [6.45, 7) is 0.777. The Hall–Kier alpha value is -1.35. The predicted octanol–water partition coefficient (Wildman–Crippen LogP) is 1.99. The minimum absolute atomic E-state index is 0.0666. The van der Waals surface area contributed by atoms with Crippen LogP contribution in [0.4, 0.5) is 0 Å². The lowest BCUT2D eigenvalue weighted by Crippen LogP contribution is -2.36. The highest BCUT2D eigenvalue weighted by atomic mass is 16.2. The minimum Gasteiger partial charge on any atom is -0.354 e. The smallest absolute Gasteiger partial charge is 0.241 e. The van der Waals surface area contributed by atoms with Gasteiger partial charge in [0.1, 0.15) is 6.04 Å². The first-order valence-corrected chi connectivity index (χ1v) is 6.35. The first kappa shape index (κ1) is 12.1. The van der Waals surface area contributed by atoms with Gasteiger partial charge in [-0.2, -0.15) is 0 Å². The number of nitrogens with two attached hydrogens (primary N) is 1. The highest BCUT2D eigenvalue weighted by molar-refractivity contribution is 5.82. The number of carbonyl (C=O) groups is 1. The number of nitrogens with one attached hydrogen (secondary N) is 1. The normalized spacial score (nSPS) is 17.9. The van der Waals surface area contributed by atoms with Crippen molar-refractivity contribution < 1.29 is 4.79 Å². The number of amides is 1. The highest BCUT2D eigenvalue weighted by Gasteiger charge is 2.19. The topological polar surface area (TPSA) is 55.1 Å². The van der Waals surface area contributed by atoms with Gasteiger partial charge >= 0.3 is 0 Å². The molecule has 0 unspecified atom stereocenters. The third kappa shape index (κ3) is 3.30. The fourth-order valence-electron chi connectivity index (χ4n) is 2.38. The van der Waals surface area contributed by atoms with E-state index < -0.39 is 6.04 Å². The Kier molecular flexibility index (Phi) is 4.15. The fourth-order valence-corrected chi connectivity index (χ4v) is 2.38. The molecule has 92 valence electrons. The molecule has 1 fully saturated rings. The Balaban J connectivity index is 1.83. The molecule has 0 heterocycles. The summed E-state index contributed by atoms with van der Waals surface area (Å²) in [5.41, 5.74) is 6.78. The molecule has 2 rings (SSSR count). The molecule has 0 aromatic heterocycles. The van der Waals surface area contributed by atoms with Gasteiger partial charge in [-0.3, -0.25) is 4.79 Å². The zero-order valence-electron chi connectivity index (χ0n) is 10.1. The molecular formula is C14H20N2O. The van der Waals surface area contributed by atoms with E-state index in [1.165, 1.54) is 25.7 Å². The van der Waals surface area contributed by atoms with E-state index in [0.29, 0.717) is 5.92 Å². The average molecular weight is 232 g/mol. The number of hydrogen-bond donors (Lipinski definition) is 2. The lowest BCUT2D eigenvalue weighted by molar-refractivity contribution is -0.122. The van der Waals surface area contributed by atoms with Crippen LogP contribution in [0.3, 0.4) is 0 Å². The summed E-state index contributed by atoms with van der Waals surface area (Å²) in [6, 6.07) is 8.96. The molecule has 0 saturated heterocycles. The Morgan fingerprint density at radius 1 is 1.29 bits per heavy atom. The van der Waals surface area contributed by atoms with E-state index >= 15 is 0 Å². The summed E-state index contributed by atoms with van der Waals surface area (Å²) >= 11 is 0. The van der Waals surface area contributed by atoms with Gasteiger partial charge in [0.25, 0.3) is 0 Å². The predicted molar refractivity (Wildman–Crippen MR) is 68.3 cm³/mol. The second kappa shape index (κ2) is 5.82. The zero-order valence-corrected chi connectivity index (χ0v) is 10.1. The second-order valence-electron chi connectivity index (χ2n) is 4.78. The number of hydrogen-bond acceptors (Lipinski definition) is 2. The Morgan fingerprint density at radius 3 is 2.59 bits per heavy atom. The highest BCUT2D eigenvalue weighted by Crippen LogP contribution is 2.23. The van der Waals surface area contributed by atoms with E-state index in [1.54, 1.807) is 0 Å². The number of rotatable bonds is 4. The van der Waals surface area contributed by atoms with Crippen molar-refractivity contribution in [1.29, 1.82) is 0 Å². The molecule has 1 aromatic rings. The monoisotopic (exact) mass is 232 g/mol. The first-order valence-electron chi connectivity index (χ1n) is 6.35. The van der Waals surface area contributed by atoms with E-state index in [2.05, 4.69) is 5.32 Å². The third-order valence-electron chi connectivity index (χ3n) is 3.48. The van der Waals surface area contributed by atoms with Crippen LogP contribution in [0.15, 0.2) is 30.3 Å². The molecular weight excluding hydrogens is 212 g/mol. The van der Waals surface area contributed by atoms with Crippen LogP contribution in [0.2, 0.25) is 0 Å². The van der Waals surface area contributed by atoms with Gasteiger partial charge in [-0.1, -0.05) is 43.2 Å². The zero-order chi connectivity index (χ0) is 12.1. The molecule has 1 aliphatic carbocycles. The van der Waals surface area contributed by atoms with Gasteiger partial charge in [0.15, 0.2) is 0 Å². The maximum absolute atomic E-state index is 11.9. The average Bonchev–Trinajstić information content (AvgIpc) is 2.89. The van der Waals surface area contributed by atoms with Crippen LogP contribution in [0.5, 0.6) is 0 Å². The van der Waals surface area contributed by atoms with E-state index in [-0.39, 0.29) is 5.91 Å². The molecule has 3 heteroatoms. The molecule has 1 amide bonds.